The summed E-state index contributed by atoms with van der Waals surface area (Å²) in [5, 5.41) is 3.88. The van der Waals surface area contributed by atoms with Crippen molar-refractivity contribution >= 4 is 23.5 Å². The number of rotatable bonds is 6. The van der Waals surface area contributed by atoms with E-state index in [2.05, 4.69) is 26.3 Å². The molecule has 1 aliphatic rings. The van der Waals surface area contributed by atoms with Crippen molar-refractivity contribution in [2.45, 2.75) is 31.0 Å². The average molecular weight is 408 g/mol. The number of anilines is 1. The molecule has 0 bridgehead atoms. The molecule has 0 saturated carbocycles. The van der Waals surface area contributed by atoms with E-state index >= 15 is 0 Å². The van der Waals surface area contributed by atoms with Crippen LogP contribution in [0.3, 0.4) is 0 Å². The van der Waals surface area contributed by atoms with Crippen molar-refractivity contribution in [1.29, 1.82) is 0 Å². The lowest BCUT2D eigenvalue weighted by Crippen LogP contribution is -2.30. The summed E-state index contributed by atoms with van der Waals surface area (Å²) in [6, 6.07) is 11.7. The van der Waals surface area contributed by atoms with Gasteiger partial charge in [-0.1, -0.05) is 23.9 Å². The number of hydrogen-bond acceptors (Lipinski definition) is 5. The van der Waals surface area contributed by atoms with Crippen LogP contribution >= 0.6 is 11.8 Å². The molecule has 1 aliphatic heterocycles. The first-order valence-electron chi connectivity index (χ1n) is 9.90. The molecular formula is C22H25N5OS. The number of thioether (sulfide) groups is 1. The van der Waals surface area contributed by atoms with Crippen LogP contribution in [0, 0.1) is 0 Å². The van der Waals surface area contributed by atoms with Crippen LogP contribution in [0.25, 0.3) is 5.69 Å². The summed E-state index contributed by atoms with van der Waals surface area (Å²) >= 11 is 1.57. The molecule has 3 heterocycles. The number of amides is 1. The molecule has 1 amide bonds. The van der Waals surface area contributed by atoms with Crippen molar-refractivity contribution in [3.63, 3.8) is 0 Å². The Kier molecular flexibility index (Phi) is 6.14. The van der Waals surface area contributed by atoms with Crippen molar-refractivity contribution < 1.29 is 4.79 Å². The van der Waals surface area contributed by atoms with E-state index in [1.165, 1.54) is 19.3 Å². The number of benzene rings is 1. The highest BCUT2D eigenvalue weighted by atomic mass is 32.2. The predicted octanol–water partition coefficient (Wildman–Crippen LogP) is 3.91. The zero-order valence-corrected chi connectivity index (χ0v) is 17.4. The number of hydrogen-bond donors (Lipinski definition) is 1. The SMILES string of the molecule is CSc1nccn1-c1cccc(C(=O)NCc2ccc(N3CCCCC3)nc2)c1. The molecule has 3 aromatic rings. The molecule has 1 N–H and O–H groups in total. The van der Waals surface area contributed by atoms with Gasteiger partial charge in [0, 0.05) is 49.5 Å². The Hall–Kier alpha value is -2.80. The molecule has 0 radical (unpaired) electrons. The Morgan fingerprint density at radius 3 is 2.76 bits per heavy atom. The van der Waals surface area contributed by atoms with Crippen molar-refractivity contribution in [1.82, 2.24) is 19.9 Å². The fourth-order valence-corrected chi connectivity index (χ4v) is 4.08. The highest BCUT2D eigenvalue weighted by Gasteiger charge is 2.12. The van der Waals surface area contributed by atoms with Gasteiger partial charge in [-0.15, -0.1) is 0 Å². The summed E-state index contributed by atoms with van der Waals surface area (Å²) < 4.78 is 1.98. The summed E-state index contributed by atoms with van der Waals surface area (Å²) in [6.07, 6.45) is 11.3. The first-order valence-corrected chi connectivity index (χ1v) is 11.1. The molecule has 0 unspecified atom stereocenters. The third-order valence-electron chi connectivity index (χ3n) is 5.12. The minimum Gasteiger partial charge on any atom is -0.357 e. The van der Waals surface area contributed by atoms with Crippen LogP contribution < -0.4 is 10.2 Å². The minimum absolute atomic E-state index is 0.0993. The van der Waals surface area contributed by atoms with E-state index in [1.807, 2.05) is 53.5 Å². The Morgan fingerprint density at radius 1 is 1.14 bits per heavy atom. The largest absolute Gasteiger partial charge is 0.357 e. The van der Waals surface area contributed by atoms with Gasteiger partial charge in [0.15, 0.2) is 5.16 Å². The van der Waals surface area contributed by atoms with Crippen molar-refractivity contribution in [2.75, 3.05) is 24.2 Å². The van der Waals surface area contributed by atoms with Crippen molar-refractivity contribution in [3.05, 3.63) is 66.1 Å². The molecular weight excluding hydrogens is 382 g/mol. The standard InChI is InChI=1S/C22H25N5OS/c1-29-22-23-10-13-27(22)19-7-5-6-18(14-19)21(28)25-16-17-8-9-20(24-15-17)26-11-3-2-4-12-26/h5-10,13-15H,2-4,11-12,16H2,1H3,(H,25,28). The van der Waals surface area contributed by atoms with Gasteiger partial charge < -0.3 is 10.2 Å². The van der Waals surface area contributed by atoms with Gasteiger partial charge in [0.25, 0.3) is 5.91 Å². The van der Waals surface area contributed by atoms with Crippen molar-refractivity contribution in [3.8, 4) is 5.69 Å². The highest BCUT2D eigenvalue weighted by molar-refractivity contribution is 7.98. The zero-order valence-electron chi connectivity index (χ0n) is 16.5. The van der Waals surface area contributed by atoms with E-state index in [0.717, 1.165) is 35.3 Å². The first-order chi connectivity index (χ1) is 14.2. The summed E-state index contributed by atoms with van der Waals surface area (Å²) in [5.41, 5.74) is 2.54. The quantitative estimate of drug-likeness (QED) is 0.628. The molecule has 6 nitrogen and oxygen atoms in total. The molecule has 150 valence electrons. The lowest BCUT2D eigenvalue weighted by Gasteiger charge is -2.27. The monoisotopic (exact) mass is 407 g/mol. The fourth-order valence-electron chi connectivity index (χ4n) is 3.55. The average Bonchev–Trinajstić information content (AvgIpc) is 3.27. The van der Waals surface area contributed by atoms with Crippen LogP contribution in [0.4, 0.5) is 5.82 Å². The number of carbonyl (C=O) groups is 1. The van der Waals surface area contributed by atoms with E-state index in [9.17, 15) is 4.79 Å². The number of imidazole rings is 1. The van der Waals surface area contributed by atoms with Gasteiger partial charge >= 0.3 is 0 Å². The molecule has 1 fully saturated rings. The van der Waals surface area contributed by atoms with Gasteiger partial charge in [0.2, 0.25) is 0 Å². The zero-order chi connectivity index (χ0) is 20.1. The number of nitrogens with one attached hydrogen (secondary N) is 1. The number of pyridine rings is 1. The Morgan fingerprint density at radius 2 is 2.00 bits per heavy atom. The molecule has 0 atom stereocenters. The van der Waals surface area contributed by atoms with E-state index < -0.39 is 0 Å². The Bertz CT molecular complexity index is 963. The van der Waals surface area contributed by atoms with Crippen LogP contribution in [0.2, 0.25) is 0 Å². The summed E-state index contributed by atoms with van der Waals surface area (Å²) in [6.45, 7) is 2.61. The normalized spacial score (nSPS) is 14.0. The Labute approximate surface area is 175 Å². The second-order valence-corrected chi connectivity index (χ2v) is 7.86. The van der Waals surface area contributed by atoms with Crippen LogP contribution in [-0.2, 0) is 6.54 Å². The maximum atomic E-state index is 12.6. The number of nitrogens with zero attached hydrogens (tertiary/aromatic N) is 4. The number of aromatic nitrogens is 3. The number of carbonyl (C=O) groups excluding carboxylic acids is 1. The van der Waals surface area contributed by atoms with Gasteiger partial charge in [-0.3, -0.25) is 9.36 Å². The highest BCUT2D eigenvalue weighted by Crippen LogP contribution is 2.19. The van der Waals surface area contributed by atoms with Crippen LogP contribution in [0.15, 0.2) is 60.1 Å². The topological polar surface area (TPSA) is 63.1 Å². The molecule has 7 heteroatoms. The van der Waals surface area contributed by atoms with Gasteiger partial charge in [-0.2, -0.15) is 0 Å². The molecule has 0 spiro atoms. The molecule has 4 rings (SSSR count). The molecule has 0 aliphatic carbocycles. The van der Waals surface area contributed by atoms with Gasteiger partial charge in [0.05, 0.1) is 0 Å². The molecule has 1 saturated heterocycles. The summed E-state index contributed by atoms with van der Waals surface area (Å²) in [5.74, 6) is 0.926. The lowest BCUT2D eigenvalue weighted by atomic mass is 10.1. The number of piperidine rings is 1. The van der Waals surface area contributed by atoms with E-state index in [1.54, 1.807) is 18.0 Å². The molecule has 2 aromatic heterocycles. The third-order valence-corrected chi connectivity index (χ3v) is 5.79. The summed E-state index contributed by atoms with van der Waals surface area (Å²) in [4.78, 5) is 23.9. The van der Waals surface area contributed by atoms with Gasteiger partial charge in [-0.05, 0) is 55.3 Å². The maximum Gasteiger partial charge on any atom is 0.251 e. The fraction of sp³-hybridized carbons (Fsp3) is 0.318. The predicted molar refractivity (Wildman–Crippen MR) is 117 cm³/mol. The van der Waals surface area contributed by atoms with Crippen LogP contribution in [-0.4, -0.2) is 39.8 Å². The summed E-state index contributed by atoms with van der Waals surface area (Å²) in [7, 11) is 0. The van der Waals surface area contributed by atoms with E-state index in [0.29, 0.717) is 12.1 Å². The molecule has 1 aromatic carbocycles. The van der Waals surface area contributed by atoms with Crippen LogP contribution in [0.5, 0.6) is 0 Å². The van der Waals surface area contributed by atoms with E-state index in [4.69, 9.17) is 0 Å². The second kappa shape index (κ2) is 9.13. The minimum atomic E-state index is -0.0993. The lowest BCUT2D eigenvalue weighted by molar-refractivity contribution is 0.0951. The Balaban J connectivity index is 1.39. The van der Waals surface area contributed by atoms with Gasteiger partial charge in [-0.25, -0.2) is 9.97 Å². The maximum absolute atomic E-state index is 12.6. The van der Waals surface area contributed by atoms with Crippen molar-refractivity contribution in [2.24, 2.45) is 0 Å². The van der Waals surface area contributed by atoms with E-state index in [-0.39, 0.29) is 5.91 Å². The molecule has 29 heavy (non-hydrogen) atoms. The first kappa shape index (κ1) is 19.5. The third kappa shape index (κ3) is 4.62. The second-order valence-electron chi connectivity index (χ2n) is 7.09. The van der Waals surface area contributed by atoms with Crippen LogP contribution in [0.1, 0.15) is 35.2 Å². The smallest absolute Gasteiger partial charge is 0.251 e. The van der Waals surface area contributed by atoms with Gasteiger partial charge in [0.1, 0.15) is 5.82 Å².